The highest BCUT2D eigenvalue weighted by atomic mass is 16.4. The van der Waals surface area contributed by atoms with Crippen LogP contribution in [0.25, 0.3) is 0 Å². The smallest absolute Gasteiger partial charge is 0.194 e. The summed E-state index contributed by atoms with van der Waals surface area (Å²) < 4.78 is 5.42. The van der Waals surface area contributed by atoms with Gasteiger partial charge in [0.05, 0.1) is 6.20 Å². The molecule has 4 nitrogen and oxygen atoms in total. The number of nitrogens with zero attached hydrogens (tertiary/aromatic N) is 2. The van der Waals surface area contributed by atoms with E-state index in [1.165, 1.54) is 19.4 Å². The third kappa shape index (κ3) is 2.83. The van der Waals surface area contributed by atoms with Gasteiger partial charge in [-0.2, -0.15) is 0 Å². The molecule has 1 saturated heterocycles. The standard InChI is InChI=1S/C12H20N2O2/c1-2-14-5-3-4-10(8-14)6-12-13-7-11(9-15)16-12/h7,10,15H,2-6,8-9H2,1H3. The van der Waals surface area contributed by atoms with Crippen LogP contribution in [0.5, 0.6) is 0 Å². The summed E-state index contributed by atoms with van der Waals surface area (Å²) in [6.45, 7) is 5.65. The Morgan fingerprint density at radius 2 is 2.50 bits per heavy atom. The van der Waals surface area contributed by atoms with Crippen LogP contribution < -0.4 is 0 Å². The zero-order valence-corrected chi connectivity index (χ0v) is 9.85. The predicted molar refractivity (Wildman–Crippen MR) is 61.0 cm³/mol. The Kier molecular flexibility index (Phi) is 3.96. The molecule has 1 N–H and O–H groups in total. The third-order valence-corrected chi connectivity index (χ3v) is 3.27. The summed E-state index contributed by atoms with van der Waals surface area (Å²) in [4.78, 5) is 6.66. The van der Waals surface area contributed by atoms with Crippen molar-refractivity contribution >= 4 is 0 Å². The maximum absolute atomic E-state index is 8.89. The first-order valence-electron chi connectivity index (χ1n) is 6.08. The summed E-state index contributed by atoms with van der Waals surface area (Å²) >= 11 is 0. The average molecular weight is 224 g/mol. The summed E-state index contributed by atoms with van der Waals surface area (Å²) in [5, 5.41) is 8.89. The maximum Gasteiger partial charge on any atom is 0.194 e. The maximum atomic E-state index is 8.89. The van der Waals surface area contributed by atoms with Gasteiger partial charge in [0, 0.05) is 13.0 Å². The van der Waals surface area contributed by atoms with Gasteiger partial charge in [0.1, 0.15) is 12.4 Å². The molecule has 0 spiro atoms. The van der Waals surface area contributed by atoms with Crippen LogP contribution in [-0.2, 0) is 13.0 Å². The molecule has 1 fully saturated rings. The molecule has 0 saturated carbocycles. The molecule has 0 radical (unpaired) electrons. The fraction of sp³-hybridized carbons (Fsp3) is 0.750. The van der Waals surface area contributed by atoms with Crippen LogP contribution in [0.1, 0.15) is 31.4 Å². The van der Waals surface area contributed by atoms with Crippen LogP contribution in [0, 0.1) is 5.92 Å². The fourth-order valence-corrected chi connectivity index (χ4v) is 2.37. The van der Waals surface area contributed by atoms with E-state index in [2.05, 4.69) is 16.8 Å². The molecule has 0 amide bonds. The van der Waals surface area contributed by atoms with Gasteiger partial charge in [0.2, 0.25) is 0 Å². The van der Waals surface area contributed by atoms with Crippen LogP contribution in [0.15, 0.2) is 10.6 Å². The van der Waals surface area contributed by atoms with E-state index in [9.17, 15) is 0 Å². The lowest BCUT2D eigenvalue weighted by Gasteiger charge is -2.31. The zero-order valence-electron chi connectivity index (χ0n) is 9.85. The van der Waals surface area contributed by atoms with Gasteiger partial charge in [-0.1, -0.05) is 6.92 Å². The summed E-state index contributed by atoms with van der Waals surface area (Å²) in [5.41, 5.74) is 0. The van der Waals surface area contributed by atoms with E-state index in [4.69, 9.17) is 9.52 Å². The topological polar surface area (TPSA) is 49.5 Å². The number of hydrogen-bond acceptors (Lipinski definition) is 4. The Morgan fingerprint density at radius 3 is 3.19 bits per heavy atom. The quantitative estimate of drug-likeness (QED) is 0.840. The minimum absolute atomic E-state index is 0.0568. The van der Waals surface area contributed by atoms with Crippen molar-refractivity contribution in [1.82, 2.24) is 9.88 Å². The lowest BCUT2D eigenvalue weighted by molar-refractivity contribution is 0.174. The van der Waals surface area contributed by atoms with Gasteiger partial charge in [-0.3, -0.25) is 0 Å². The van der Waals surface area contributed by atoms with Gasteiger partial charge in [-0.05, 0) is 31.8 Å². The summed E-state index contributed by atoms with van der Waals surface area (Å²) in [6.07, 6.45) is 5.05. The number of aliphatic hydroxyl groups excluding tert-OH is 1. The molecule has 0 aromatic carbocycles. The molecule has 1 aromatic rings. The van der Waals surface area contributed by atoms with Crippen molar-refractivity contribution in [3.8, 4) is 0 Å². The second-order valence-electron chi connectivity index (χ2n) is 4.48. The van der Waals surface area contributed by atoms with E-state index < -0.39 is 0 Å². The van der Waals surface area contributed by atoms with Crippen LogP contribution in [0.4, 0.5) is 0 Å². The Bertz CT molecular complexity index is 325. The van der Waals surface area contributed by atoms with Gasteiger partial charge in [0.15, 0.2) is 5.89 Å². The number of oxazole rings is 1. The van der Waals surface area contributed by atoms with E-state index in [1.807, 2.05) is 0 Å². The van der Waals surface area contributed by atoms with Crippen LogP contribution >= 0.6 is 0 Å². The minimum atomic E-state index is -0.0568. The van der Waals surface area contributed by atoms with Crippen molar-refractivity contribution in [2.24, 2.45) is 5.92 Å². The minimum Gasteiger partial charge on any atom is -0.443 e. The summed E-state index contributed by atoms with van der Waals surface area (Å²) in [5.74, 6) is 1.99. The first kappa shape index (κ1) is 11.6. The average Bonchev–Trinajstić information content (AvgIpc) is 2.77. The number of likely N-dealkylation sites (tertiary alicyclic amines) is 1. The normalized spacial score (nSPS) is 22.5. The second-order valence-corrected chi connectivity index (χ2v) is 4.48. The first-order chi connectivity index (χ1) is 7.81. The fourth-order valence-electron chi connectivity index (χ4n) is 2.37. The van der Waals surface area contributed by atoms with Gasteiger partial charge in [0.25, 0.3) is 0 Å². The van der Waals surface area contributed by atoms with E-state index in [-0.39, 0.29) is 6.61 Å². The molecule has 1 aliphatic heterocycles. The molecule has 1 unspecified atom stereocenters. The van der Waals surface area contributed by atoms with Gasteiger partial charge >= 0.3 is 0 Å². The Hall–Kier alpha value is -0.870. The van der Waals surface area contributed by atoms with Crippen LogP contribution in [0.3, 0.4) is 0 Å². The van der Waals surface area contributed by atoms with Gasteiger partial charge < -0.3 is 14.4 Å². The number of rotatable bonds is 4. The number of hydrogen-bond donors (Lipinski definition) is 1. The molecule has 90 valence electrons. The summed E-state index contributed by atoms with van der Waals surface area (Å²) in [7, 11) is 0. The molecule has 1 aliphatic rings. The Balaban J connectivity index is 1.88. The van der Waals surface area contributed by atoms with Crippen molar-refractivity contribution in [3.63, 3.8) is 0 Å². The molecule has 0 bridgehead atoms. The molecule has 4 heteroatoms. The SMILES string of the molecule is CCN1CCCC(Cc2ncc(CO)o2)C1. The molecule has 1 aromatic heterocycles. The first-order valence-corrected chi connectivity index (χ1v) is 6.08. The van der Waals surface area contributed by atoms with Crippen molar-refractivity contribution in [2.45, 2.75) is 32.8 Å². The van der Waals surface area contributed by atoms with Crippen molar-refractivity contribution in [2.75, 3.05) is 19.6 Å². The molecule has 16 heavy (non-hydrogen) atoms. The molecular formula is C12H20N2O2. The van der Waals surface area contributed by atoms with Crippen molar-refractivity contribution in [3.05, 3.63) is 17.8 Å². The van der Waals surface area contributed by atoms with Crippen molar-refractivity contribution in [1.29, 1.82) is 0 Å². The molecule has 2 heterocycles. The summed E-state index contributed by atoms with van der Waals surface area (Å²) in [6, 6.07) is 0. The zero-order chi connectivity index (χ0) is 11.4. The van der Waals surface area contributed by atoms with Crippen LogP contribution in [-0.4, -0.2) is 34.6 Å². The third-order valence-electron chi connectivity index (χ3n) is 3.27. The van der Waals surface area contributed by atoms with E-state index in [1.54, 1.807) is 6.20 Å². The molecule has 0 aliphatic carbocycles. The lowest BCUT2D eigenvalue weighted by Crippen LogP contribution is -2.35. The Morgan fingerprint density at radius 1 is 1.62 bits per heavy atom. The van der Waals surface area contributed by atoms with Gasteiger partial charge in [-0.25, -0.2) is 4.98 Å². The largest absolute Gasteiger partial charge is 0.443 e. The highest BCUT2D eigenvalue weighted by Gasteiger charge is 2.20. The highest BCUT2D eigenvalue weighted by Crippen LogP contribution is 2.20. The molecule has 1 atom stereocenters. The van der Waals surface area contributed by atoms with E-state index in [0.717, 1.165) is 25.4 Å². The monoisotopic (exact) mass is 224 g/mol. The predicted octanol–water partition coefficient (Wildman–Crippen LogP) is 1.44. The number of piperidine rings is 1. The van der Waals surface area contributed by atoms with E-state index >= 15 is 0 Å². The second kappa shape index (κ2) is 5.46. The lowest BCUT2D eigenvalue weighted by atomic mass is 9.95. The van der Waals surface area contributed by atoms with E-state index in [0.29, 0.717) is 11.7 Å². The number of aliphatic hydroxyl groups is 1. The Labute approximate surface area is 96.3 Å². The molecule has 2 rings (SSSR count). The van der Waals surface area contributed by atoms with Crippen LogP contribution in [0.2, 0.25) is 0 Å². The number of aromatic nitrogens is 1. The van der Waals surface area contributed by atoms with Crippen molar-refractivity contribution < 1.29 is 9.52 Å². The highest BCUT2D eigenvalue weighted by molar-refractivity contribution is 4.94. The molecular weight excluding hydrogens is 204 g/mol. The van der Waals surface area contributed by atoms with Gasteiger partial charge in [-0.15, -0.1) is 0 Å².